The maximum Gasteiger partial charge on any atom is 0.272 e. The summed E-state index contributed by atoms with van der Waals surface area (Å²) < 4.78 is 1.87. The Morgan fingerprint density at radius 1 is 1.07 bits per heavy atom. The van der Waals surface area contributed by atoms with Crippen LogP contribution in [-0.4, -0.2) is 33.4 Å². The van der Waals surface area contributed by atoms with Crippen LogP contribution in [0.15, 0.2) is 61.1 Å². The minimum Gasteiger partial charge on any atom is -0.338 e. The van der Waals surface area contributed by atoms with Gasteiger partial charge in [0.2, 0.25) is 0 Å². The van der Waals surface area contributed by atoms with Crippen molar-refractivity contribution in [1.29, 1.82) is 0 Å². The van der Waals surface area contributed by atoms with E-state index in [0.717, 1.165) is 25.1 Å². The molecule has 0 N–H and O–H groups in total. The van der Waals surface area contributed by atoms with Gasteiger partial charge in [-0.15, -0.1) is 0 Å². The lowest BCUT2D eigenvalue weighted by Gasteiger charge is -2.21. The van der Waals surface area contributed by atoms with Crippen molar-refractivity contribution in [2.24, 2.45) is 0 Å². The molecule has 1 heterocycles. The van der Waals surface area contributed by atoms with E-state index < -0.39 is 0 Å². The van der Waals surface area contributed by atoms with Gasteiger partial charge < -0.3 is 4.90 Å². The zero-order chi connectivity index (χ0) is 19.2. The molecular weight excluding hydrogens is 334 g/mol. The van der Waals surface area contributed by atoms with Crippen molar-refractivity contribution in [2.75, 3.05) is 13.1 Å². The van der Waals surface area contributed by atoms with E-state index in [4.69, 9.17) is 0 Å². The summed E-state index contributed by atoms with van der Waals surface area (Å²) in [7, 11) is 0. The molecule has 0 saturated heterocycles. The number of aryl methyl sites for hydroxylation is 1. The summed E-state index contributed by atoms with van der Waals surface area (Å²) in [5.74, 6) is 0.0337. The Morgan fingerprint density at radius 3 is 2.48 bits per heavy atom. The van der Waals surface area contributed by atoms with Crippen LogP contribution in [0, 0.1) is 6.92 Å². The summed E-state index contributed by atoms with van der Waals surface area (Å²) >= 11 is 0. The Labute approximate surface area is 161 Å². The molecule has 27 heavy (non-hydrogen) atoms. The summed E-state index contributed by atoms with van der Waals surface area (Å²) in [6, 6.07) is 16.6. The number of hydrogen-bond acceptors (Lipinski definition) is 2. The van der Waals surface area contributed by atoms with E-state index in [9.17, 15) is 4.79 Å². The molecule has 140 valence electrons. The molecule has 1 aromatic heterocycles. The van der Waals surface area contributed by atoms with Crippen LogP contribution in [0.1, 0.15) is 42.7 Å². The van der Waals surface area contributed by atoms with Gasteiger partial charge in [0.05, 0.1) is 12.5 Å². The highest BCUT2D eigenvalue weighted by Crippen LogP contribution is 2.24. The molecule has 0 aliphatic heterocycles. The minimum atomic E-state index is 0.0337. The average molecular weight is 361 g/mol. The zero-order valence-electron chi connectivity index (χ0n) is 16.4. The average Bonchev–Trinajstić information content (AvgIpc) is 3.19. The highest BCUT2D eigenvalue weighted by molar-refractivity contribution is 5.93. The van der Waals surface area contributed by atoms with E-state index in [2.05, 4.69) is 55.2 Å². The number of amides is 1. The third-order valence-corrected chi connectivity index (χ3v) is 4.91. The van der Waals surface area contributed by atoms with Crippen molar-refractivity contribution >= 4 is 5.91 Å². The molecule has 3 aromatic rings. The molecule has 0 bridgehead atoms. The molecule has 4 heteroatoms. The molecule has 0 spiro atoms. The molecule has 3 rings (SSSR count). The largest absolute Gasteiger partial charge is 0.338 e. The minimum absolute atomic E-state index is 0.0337. The number of unbranched alkanes of at least 4 members (excludes halogenated alkanes) is 1. The SMILES string of the molecule is CCCCN(CC)C(=O)c1cncn1-c1ccc(-c2ccccc2C)cc1. The van der Waals surface area contributed by atoms with Crippen molar-refractivity contribution in [3.8, 4) is 16.8 Å². The first-order valence-corrected chi connectivity index (χ1v) is 9.63. The van der Waals surface area contributed by atoms with Crippen LogP contribution in [0.2, 0.25) is 0 Å². The van der Waals surface area contributed by atoms with Crippen LogP contribution in [0.5, 0.6) is 0 Å². The first-order valence-electron chi connectivity index (χ1n) is 9.63. The first kappa shape index (κ1) is 18.9. The second-order valence-corrected chi connectivity index (χ2v) is 6.75. The quantitative estimate of drug-likeness (QED) is 0.586. The monoisotopic (exact) mass is 361 g/mol. The normalized spacial score (nSPS) is 10.8. The van der Waals surface area contributed by atoms with Crippen molar-refractivity contribution in [3.05, 3.63) is 72.3 Å². The third-order valence-electron chi connectivity index (χ3n) is 4.91. The lowest BCUT2D eigenvalue weighted by atomic mass is 10.0. The van der Waals surface area contributed by atoms with Gasteiger partial charge in [0, 0.05) is 18.8 Å². The van der Waals surface area contributed by atoms with Gasteiger partial charge in [0.15, 0.2) is 0 Å². The number of carbonyl (C=O) groups excluding carboxylic acids is 1. The third kappa shape index (κ3) is 4.11. The maximum atomic E-state index is 12.9. The Bertz CT molecular complexity index is 896. The molecule has 0 aliphatic rings. The fourth-order valence-corrected chi connectivity index (χ4v) is 3.27. The standard InChI is InChI=1S/C23H27N3O/c1-4-6-15-25(5-2)23(27)22-16-24-17-26(22)20-13-11-19(12-14-20)21-10-8-7-9-18(21)3/h7-14,16-17H,4-6,15H2,1-3H3. The first-order chi connectivity index (χ1) is 13.2. The van der Waals surface area contributed by atoms with E-state index >= 15 is 0 Å². The van der Waals surface area contributed by atoms with Gasteiger partial charge in [-0.05, 0) is 49.1 Å². The van der Waals surface area contributed by atoms with Crippen LogP contribution in [0.4, 0.5) is 0 Å². The van der Waals surface area contributed by atoms with Crippen molar-refractivity contribution < 1.29 is 4.79 Å². The molecular formula is C23H27N3O. The highest BCUT2D eigenvalue weighted by Gasteiger charge is 2.18. The fraction of sp³-hybridized carbons (Fsp3) is 0.304. The van der Waals surface area contributed by atoms with E-state index in [-0.39, 0.29) is 5.91 Å². The molecule has 2 aromatic carbocycles. The Balaban J connectivity index is 1.87. The number of hydrogen-bond donors (Lipinski definition) is 0. The molecule has 4 nitrogen and oxygen atoms in total. The molecule has 0 atom stereocenters. The summed E-state index contributed by atoms with van der Waals surface area (Å²) in [5.41, 5.74) is 5.19. The van der Waals surface area contributed by atoms with Gasteiger partial charge in [-0.3, -0.25) is 9.36 Å². The molecule has 0 fully saturated rings. The fourth-order valence-electron chi connectivity index (χ4n) is 3.27. The van der Waals surface area contributed by atoms with Gasteiger partial charge in [0.25, 0.3) is 5.91 Å². The number of aromatic nitrogens is 2. The molecule has 0 aliphatic carbocycles. The number of rotatable bonds is 7. The van der Waals surface area contributed by atoms with E-state index in [1.807, 2.05) is 28.5 Å². The number of nitrogens with zero attached hydrogens (tertiary/aromatic N) is 3. The predicted octanol–water partition coefficient (Wildman–Crippen LogP) is 5.11. The predicted molar refractivity (Wildman–Crippen MR) is 110 cm³/mol. The lowest BCUT2D eigenvalue weighted by molar-refractivity contribution is 0.0754. The summed E-state index contributed by atoms with van der Waals surface area (Å²) in [5, 5.41) is 0. The summed E-state index contributed by atoms with van der Waals surface area (Å²) in [4.78, 5) is 19.0. The van der Waals surface area contributed by atoms with Gasteiger partial charge in [-0.2, -0.15) is 0 Å². The molecule has 1 amide bonds. The van der Waals surface area contributed by atoms with Crippen LogP contribution in [0.25, 0.3) is 16.8 Å². The van der Waals surface area contributed by atoms with Crippen LogP contribution in [-0.2, 0) is 0 Å². The van der Waals surface area contributed by atoms with Crippen LogP contribution in [0.3, 0.4) is 0 Å². The Kier molecular flexibility index (Phi) is 6.07. The van der Waals surface area contributed by atoms with Crippen molar-refractivity contribution in [2.45, 2.75) is 33.6 Å². The van der Waals surface area contributed by atoms with E-state index in [1.165, 1.54) is 16.7 Å². The second kappa shape index (κ2) is 8.67. The van der Waals surface area contributed by atoms with E-state index in [0.29, 0.717) is 12.2 Å². The van der Waals surface area contributed by atoms with Gasteiger partial charge >= 0.3 is 0 Å². The Hall–Kier alpha value is -2.88. The van der Waals surface area contributed by atoms with Crippen LogP contribution >= 0.6 is 0 Å². The number of benzene rings is 2. The van der Waals surface area contributed by atoms with Gasteiger partial charge in [-0.25, -0.2) is 4.98 Å². The summed E-state index contributed by atoms with van der Waals surface area (Å²) in [6.07, 6.45) is 5.46. The topological polar surface area (TPSA) is 38.1 Å². The van der Waals surface area contributed by atoms with Gasteiger partial charge in [0.1, 0.15) is 5.69 Å². The highest BCUT2D eigenvalue weighted by atomic mass is 16.2. The van der Waals surface area contributed by atoms with Crippen LogP contribution < -0.4 is 0 Å². The smallest absolute Gasteiger partial charge is 0.272 e. The Morgan fingerprint density at radius 2 is 1.81 bits per heavy atom. The zero-order valence-corrected chi connectivity index (χ0v) is 16.4. The molecule has 0 saturated carbocycles. The maximum absolute atomic E-state index is 12.9. The molecule has 0 unspecified atom stereocenters. The van der Waals surface area contributed by atoms with E-state index in [1.54, 1.807) is 12.5 Å². The second-order valence-electron chi connectivity index (χ2n) is 6.75. The molecule has 0 radical (unpaired) electrons. The van der Waals surface area contributed by atoms with Crippen molar-refractivity contribution in [1.82, 2.24) is 14.5 Å². The number of carbonyl (C=O) groups is 1. The lowest BCUT2D eigenvalue weighted by Crippen LogP contribution is -2.33. The summed E-state index contributed by atoms with van der Waals surface area (Å²) in [6.45, 7) is 7.76. The van der Waals surface area contributed by atoms with Gasteiger partial charge in [-0.1, -0.05) is 49.7 Å². The number of imidazole rings is 1. The van der Waals surface area contributed by atoms with Crippen molar-refractivity contribution in [3.63, 3.8) is 0 Å².